The lowest BCUT2D eigenvalue weighted by molar-refractivity contribution is -0.134. The Balaban J connectivity index is 1.93. The van der Waals surface area contributed by atoms with E-state index in [1.165, 1.54) is 13.2 Å². The van der Waals surface area contributed by atoms with Gasteiger partial charge in [-0.3, -0.25) is 4.79 Å². The number of benzene rings is 1. The first-order valence-corrected chi connectivity index (χ1v) is 7.15. The van der Waals surface area contributed by atoms with Crippen molar-refractivity contribution in [3.63, 3.8) is 0 Å². The zero-order valence-corrected chi connectivity index (χ0v) is 12.4. The Morgan fingerprint density at radius 3 is 2.62 bits per heavy atom. The third-order valence-electron chi connectivity index (χ3n) is 4.22. The van der Waals surface area contributed by atoms with Crippen molar-refractivity contribution in [1.82, 2.24) is 5.32 Å². The minimum absolute atomic E-state index is 0.106. The molecule has 0 unspecified atom stereocenters. The number of hydrogen-bond donors (Lipinski definition) is 2. The number of rotatable bonds is 6. The van der Waals surface area contributed by atoms with Crippen LogP contribution in [0.15, 0.2) is 18.2 Å². The molecule has 0 heterocycles. The van der Waals surface area contributed by atoms with Gasteiger partial charge in [-0.25, -0.2) is 4.79 Å². The van der Waals surface area contributed by atoms with E-state index in [9.17, 15) is 9.59 Å². The summed E-state index contributed by atoms with van der Waals surface area (Å²) >= 11 is 0. The second-order valence-electron chi connectivity index (χ2n) is 5.75. The summed E-state index contributed by atoms with van der Waals surface area (Å²) in [5.41, 5.74) is 0.889. The molecular formula is C16H21NO4. The average Bonchev–Trinajstić information content (AvgIpc) is 2.44. The normalized spacial score (nSPS) is 15.9. The van der Waals surface area contributed by atoms with E-state index >= 15 is 0 Å². The van der Waals surface area contributed by atoms with Crippen molar-refractivity contribution in [2.24, 2.45) is 5.41 Å². The predicted molar refractivity (Wildman–Crippen MR) is 78.6 cm³/mol. The Bertz CT molecular complexity index is 549. The maximum absolute atomic E-state index is 12.0. The van der Waals surface area contributed by atoms with Crippen LogP contribution in [-0.2, 0) is 11.2 Å². The van der Waals surface area contributed by atoms with Gasteiger partial charge in [-0.05, 0) is 37.0 Å². The average molecular weight is 291 g/mol. The van der Waals surface area contributed by atoms with Crippen LogP contribution in [0.4, 0.5) is 0 Å². The fourth-order valence-electron chi connectivity index (χ4n) is 2.54. The number of nitrogens with one attached hydrogen (secondary N) is 1. The van der Waals surface area contributed by atoms with Gasteiger partial charge in [0, 0.05) is 12.0 Å². The molecule has 1 aromatic rings. The van der Waals surface area contributed by atoms with Crippen LogP contribution in [-0.4, -0.2) is 30.6 Å². The number of carbonyl (C=O) groups is 2. The van der Waals surface area contributed by atoms with E-state index in [1.54, 1.807) is 12.1 Å². The van der Waals surface area contributed by atoms with Crippen molar-refractivity contribution in [1.29, 1.82) is 0 Å². The molecule has 1 aliphatic carbocycles. The minimum Gasteiger partial charge on any atom is -0.496 e. The van der Waals surface area contributed by atoms with Crippen LogP contribution < -0.4 is 10.1 Å². The van der Waals surface area contributed by atoms with Crippen LogP contribution in [0.25, 0.3) is 0 Å². The van der Waals surface area contributed by atoms with E-state index in [2.05, 4.69) is 5.32 Å². The zero-order valence-electron chi connectivity index (χ0n) is 12.4. The van der Waals surface area contributed by atoms with Gasteiger partial charge in [0.1, 0.15) is 5.75 Å². The summed E-state index contributed by atoms with van der Waals surface area (Å²) in [5, 5.41) is 11.9. The quantitative estimate of drug-likeness (QED) is 0.843. The first-order chi connectivity index (χ1) is 9.96. The van der Waals surface area contributed by atoms with Crippen molar-refractivity contribution in [2.45, 2.75) is 32.6 Å². The molecule has 1 saturated carbocycles. The molecule has 2 rings (SSSR count). The van der Waals surface area contributed by atoms with Crippen LogP contribution >= 0.6 is 0 Å². The van der Waals surface area contributed by atoms with Crippen molar-refractivity contribution in [2.75, 3.05) is 13.7 Å². The Hall–Kier alpha value is -2.04. The van der Waals surface area contributed by atoms with E-state index in [-0.39, 0.29) is 16.9 Å². The number of methoxy groups -OCH3 is 1. The number of amides is 1. The molecule has 21 heavy (non-hydrogen) atoms. The molecule has 0 saturated heterocycles. The molecule has 114 valence electrons. The zero-order chi connectivity index (χ0) is 15.5. The van der Waals surface area contributed by atoms with E-state index in [1.807, 2.05) is 6.92 Å². The molecule has 1 amide bonds. The van der Waals surface area contributed by atoms with Crippen LogP contribution in [0.5, 0.6) is 5.75 Å². The van der Waals surface area contributed by atoms with Gasteiger partial charge < -0.3 is 15.2 Å². The maximum Gasteiger partial charge on any atom is 0.335 e. The van der Waals surface area contributed by atoms with E-state index in [0.717, 1.165) is 24.8 Å². The summed E-state index contributed by atoms with van der Waals surface area (Å²) in [4.78, 5) is 22.9. The Labute approximate surface area is 124 Å². The highest BCUT2D eigenvalue weighted by molar-refractivity contribution is 5.88. The molecule has 0 bridgehead atoms. The summed E-state index contributed by atoms with van der Waals surface area (Å²) in [6, 6.07) is 4.79. The van der Waals surface area contributed by atoms with E-state index < -0.39 is 5.97 Å². The van der Waals surface area contributed by atoms with Crippen molar-refractivity contribution < 1.29 is 19.4 Å². The molecule has 0 radical (unpaired) electrons. The SMILES string of the molecule is COc1cc(C(=O)O)ccc1CCNC(=O)C1(C)CCC1. The molecule has 0 atom stereocenters. The number of carbonyl (C=O) groups excluding carboxylic acids is 1. The van der Waals surface area contributed by atoms with E-state index in [4.69, 9.17) is 9.84 Å². The summed E-state index contributed by atoms with van der Waals surface area (Å²) in [6.07, 6.45) is 3.64. The maximum atomic E-state index is 12.0. The largest absolute Gasteiger partial charge is 0.496 e. The standard InChI is InChI=1S/C16H21NO4/c1-16(7-3-8-16)15(20)17-9-6-11-4-5-12(14(18)19)10-13(11)21-2/h4-5,10H,3,6-9H2,1-2H3,(H,17,20)(H,18,19). The van der Waals surface area contributed by atoms with Crippen molar-refractivity contribution in [3.8, 4) is 5.75 Å². The summed E-state index contributed by atoms with van der Waals surface area (Å²) in [5.74, 6) is -0.333. The fourth-order valence-corrected chi connectivity index (χ4v) is 2.54. The van der Waals surface area contributed by atoms with Crippen LogP contribution in [0, 0.1) is 5.41 Å². The fraction of sp³-hybridized carbons (Fsp3) is 0.500. The summed E-state index contributed by atoms with van der Waals surface area (Å²) < 4.78 is 5.22. The van der Waals surface area contributed by atoms with Gasteiger partial charge in [-0.2, -0.15) is 0 Å². The molecule has 1 aliphatic rings. The Morgan fingerprint density at radius 1 is 1.38 bits per heavy atom. The molecule has 0 spiro atoms. The first-order valence-electron chi connectivity index (χ1n) is 7.15. The lowest BCUT2D eigenvalue weighted by Crippen LogP contribution is -2.44. The highest BCUT2D eigenvalue weighted by Crippen LogP contribution is 2.40. The Morgan fingerprint density at radius 2 is 2.10 bits per heavy atom. The molecular weight excluding hydrogens is 270 g/mol. The topological polar surface area (TPSA) is 75.6 Å². The van der Waals surface area contributed by atoms with Gasteiger partial charge in [-0.15, -0.1) is 0 Å². The molecule has 5 nitrogen and oxygen atoms in total. The summed E-state index contributed by atoms with van der Waals surface area (Å²) in [7, 11) is 1.51. The van der Waals surface area contributed by atoms with Gasteiger partial charge in [0.25, 0.3) is 0 Å². The number of aromatic carboxylic acids is 1. The molecule has 0 aliphatic heterocycles. The number of carboxylic acid groups (broad SMARTS) is 1. The van der Waals surface area contributed by atoms with E-state index in [0.29, 0.717) is 18.7 Å². The molecule has 0 aromatic heterocycles. The van der Waals surface area contributed by atoms with Crippen LogP contribution in [0.1, 0.15) is 42.1 Å². The highest BCUT2D eigenvalue weighted by Gasteiger charge is 2.38. The summed E-state index contributed by atoms with van der Waals surface area (Å²) in [6.45, 7) is 2.52. The Kier molecular flexibility index (Phi) is 4.50. The molecule has 2 N–H and O–H groups in total. The number of hydrogen-bond acceptors (Lipinski definition) is 3. The lowest BCUT2D eigenvalue weighted by atomic mass is 9.70. The van der Waals surface area contributed by atoms with Crippen molar-refractivity contribution in [3.05, 3.63) is 29.3 Å². The third-order valence-corrected chi connectivity index (χ3v) is 4.22. The van der Waals surface area contributed by atoms with Gasteiger partial charge >= 0.3 is 5.97 Å². The van der Waals surface area contributed by atoms with Gasteiger partial charge in [0.05, 0.1) is 12.7 Å². The second-order valence-corrected chi connectivity index (χ2v) is 5.75. The van der Waals surface area contributed by atoms with Crippen molar-refractivity contribution >= 4 is 11.9 Å². The van der Waals surface area contributed by atoms with Crippen LogP contribution in [0.3, 0.4) is 0 Å². The first kappa shape index (κ1) is 15.4. The smallest absolute Gasteiger partial charge is 0.335 e. The molecule has 1 aromatic carbocycles. The van der Waals surface area contributed by atoms with Crippen LogP contribution in [0.2, 0.25) is 0 Å². The second kappa shape index (κ2) is 6.16. The van der Waals surface area contributed by atoms with Gasteiger partial charge in [-0.1, -0.05) is 19.4 Å². The lowest BCUT2D eigenvalue weighted by Gasteiger charge is -2.36. The minimum atomic E-state index is -0.980. The highest BCUT2D eigenvalue weighted by atomic mass is 16.5. The number of ether oxygens (including phenoxy) is 1. The van der Waals surface area contributed by atoms with Gasteiger partial charge in [0.2, 0.25) is 5.91 Å². The molecule has 1 fully saturated rings. The molecule has 5 heteroatoms. The third kappa shape index (κ3) is 3.35. The predicted octanol–water partition coefficient (Wildman–Crippen LogP) is 2.24. The van der Waals surface area contributed by atoms with Gasteiger partial charge in [0.15, 0.2) is 0 Å². The monoisotopic (exact) mass is 291 g/mol. The number of carboxylic acids is 1.